The number of carbonyl (C=O) groups is 1. The van der Waals surface area contributed by atoms with E-state index in [1.54, 1.807) is 24.1 Å². The maximum atomic E-state index is 12.6. The number of anilines is 1. The summed E-state index contributed by atoms with van der Waals surface area (Å²) in [6.07, 6.45) is 5.00. The van der Waals surface area contributed by atoms with Crippen molar-refractivity contribution < 1.29 is 14.3 Å². The third-order valence-electron chi connectivity index (χ3n) is 5.46. The van der Waals surface area contributed by atoms with Crippen LogP contribution in [0.3, 0.4) is 0 Å². The molecule has 1 aromatic heterocycles. The van der Waals surface area contributed by atoms with Gasteiger partial charge >= 0.3 is 0 Å². The van der Waals surface area contributed by atoms with Gasteiger partial charge in [-0.1, -0.05) is 54.1 Å². The van der Waals surface area contributed by atoms with Crippen molar-refractivity contribution in [2.24, 2.45) is 0 Å². The zero-order chi connectivity index (χ0) is 25.5. The lowest BCUT2D eigenvalue weighted by Gasteiger charge is -2.12. The van der Waals surface area contributed by atoms with E-state index in [0.717, 1.165) is 33.8 Å². The van der Waals surface area contributed by atoms with Crippen LogP contribution in [0.1, 0.15) is 22.3 Å². The Bertz CT molecular complexity index is 1400. The highest BCUT2D eigenvalue weighted by atomic mass is 79.9. The van der Waals surface area contributed by atoms with Crippen LogP contribution >= 0.6 is 27.5 Å². The molecule has 8 heteroatoms. The van der Waals surface area contributed by atoms with Crippen molar-refractivity contribution in [3.63, 3.8) is 0 Å². The first-order valence-electron chi connectivity index (χ1n) is 11.2. The van der Waals surface area contributed by atoms with Crippen LogP contribution in [-0.2, 0) is 17.9 Å². The molecule has 0 unspecified atom stereocenters. The largest absolute Gasteiger partial charge is 0.496 e. The second kappa shape index (κ2) is 11.9. The predicted octanol–water partition coefficient (Wildman–Crippen LogP) is 6.90. The Kier molecular flexibility index (Phi) is 8.46. The zero-order valence-corrected chi connectivity index (χ0v) is 22.2. The molecule has 0 bridgehead atoms. The minimum absolute atomic E-state index is 0.299. The van der Waals surface area contributed by atoms with E-state index in [2.05, 4.69) is 26.3 Å². The van der Waals surface area contributed by atoms with Crippen LogP contribution in [-0.4, -0.2) is 22.8 Å². The Morgan fingerprint density at radius 3 is 2.64 bits per heavy atom. The molecular weight excluding hydrogens is 542 g/mol. The molecule has 1 N–H and O–H groups in total. The molecule has 0 aliphatic carbocycles. The monoisotopic (exact) mass is 565 g/mol. The second-order valence-corrected chi connectivity index (χ2v) is 9.32. The normalized spacial score (nSPS) is 11.0. The van der Waals surface area contributed by atoms with Gasteiger partial charge in [-0.2, -0.15) is 5.10 Å². The molecule has 4 rings (SSSR count). The summed E-state index contributed by atoms with van der Waals surface area (Å²) >= 11 is 9.70. The van der Waals surface area contributed by atoms with E-state index in [0.29, 0.717) is 28.5 Å². The molecule has 0 spiro atoms. The summed E-state index contributed by atoms with van der Waals surface area (Å²) in [4.78, 5) is 12.6. The highest BCUT2D eigenvalue weighted by molar-refractivity contribution is 9.10. The van der Waals surface area contributed by atoms with Crippen LogP contribution in [0.2, 0.25) is 5.02 Å². The molecule has 184 valence electrons. The van der Waals surface area contributed by atoms with Crippen LogP contribution in [0.5, 0.6) is 11.5 Å². The van der Waals surface area contributed by atoms with E-state index in [9.17, 15) is 4.79 Å². The van der Waals surface area contributed by atoms with Gasteiger partial charge in [0.1, 0.15) is 18.1 Å². The molecule has 0 aliphatic heterocycles. The molecule has 0 saturated carbocycles. The number of aryl methyl sites for hydroxylation is 1. The molecule has 1 heterocycles. The lowest BCUT2D eigenvalue weighted by atomic mass is 10.1. The average Bonchev–Trinajstić information content (AvgIpc) is 3.21. The minimum Gasteiger partial charge on any atom is -0.496 e. The zero-order valence-electron chi connectivity index (χ0n) is 19.9. The Morgan fingerprint density at radius 2 is 1.86 bits per heavy atom. The maximum Gasteiger partial charge on any atom is 0.249 e. The standard InChI is InChI=1S/C28H25BrClN3O3/c1-19-7-3-6-10-25(19)36-18-22-15-20(11-13-26(22)35-2)12-14-27(34)31-28-23(29)17-33(32-28)16-21-8-4-5-9-24(21)30/h3-15,17H,16,18H2,1-2H3,(H,31,32,34)/b14-12+. The summed E-state index contributed by atoms with van der Waals surface area (Å²) in [5, 5.41) is 7.92. The smallest absolute Gasteiger partial charge is 0.249 e. The van der Waals surface area contributed by atoms with Crippen molar-refractivity contribution in [1.82, 2.24) is 9.78 Å². The minimum atomic E-state index is -0.299. The first-order chi connectivity index (χ1) is 17.4. The number of benzene rings is 3. The number of nitrogens with zero attached hydrogens (tertiary/aromatic N) is 2. The number of aromatic nitrogens is 2. The number of nitrogens with one attached hydrogen (secondary N) is 1. The molecule has 4 aromatic rings. The summed E-state index contributed by atoms with van der Waals surface area (Å²) in [7, 11) is 1.62. The Morgan fingerprint density at radius 1 is 1.08 bits per heavy atom. The summed E-state index contributed by atoms with van der Waals surface area (Å²) in [5.41, 5.74) is 3.72. The predicted molar refractivity (Wildman–Crippen MR) is 147 cm³/mol. The maximum absolute atomic E-state index is 12.6. The average molecular weight is 567 g/mol. The molecule has 0 aliphatic rings. The van der Waals surface area contributed by atoms with Crippen LogP contribution in [0.25, 0.3) is 6.08 Å². The number of halogens is 2. The van der Waals surface area contributed by atoms with Crippen molar-refractivity contribution in [2.45, 2.75) is 20.1 Å². The van der Waals surface area contributed by atoms with E-state index in [1.807, 2.05) is 73.7 Å². The SMILES string of the molecule is COc1ccc(/C=C/C(=O)Nc2nn(Cc3ccccc3Cl)cc2Br)cc1COc1ccccc1C. The molecule has 0 saturated heterocycles. The molecule has 0 radical (unpaired) electrons. The van der Waals surface area contributed by atoms with E-state index >= 15 is 0 Å². The number of methoxy groups -OCH3 is 1. The van der Waals surface area contributed by atoms with Gasteiger partial charge in [0.15, 0.2) is 5.82 Å². The number of ether oxygens (including phenoxy) is 2. The van der Waals surface area contributed by atoms with Crippen molar-refractivity contribution >= 4 is 45.3 Å². The third kappa shape index (κ3) is 6.56. The number of carbonyl (C=O) groups excluding carboxylic acids is 1. The van der Waals surface area contributed by atoms with Crippen molar-refractivity contribution in [2.75, 3.05) is 12.4 Å². The van der Waals surface area contributed by atoms with Crippen LogP contribution in [0.15, 0.2) is 83.5 Å². The highest BCUT2D eigenvalue weighted by Crippen LogP contribution is 2.25. The molecule has 0 atom stereocenters. The van der Waals surface area contributed by atoms with E-state index in [4.69, 9.17) is 21.1 Å². The summed E-state index contributed by atoms with van der Waals surface area (Å²) in [6.45, 7) is 2.84. The third-order valence-corrected chi connectivity index (χ3v) is 6.41. The summed E-state index contributed by atoms with van der Waals surface area (Å²) in [6, 6.07) is 21.1. The van der Waals surface area contributed by atoms with Crippen molar-refractivity contribution in [3.05, 3.63) is 111 Å². The van der Waals surface area contributed by atoms with Crippen molar-refractivity contribution in [3.8, 4) is 11.5 Å². The van der Waals surface area contributed by atoms with Crippen LogP contribution in [0, 0.1) is 6.92 Å². The lowest BCUT2D eigenvalue weighted by molar-refractivity contribution is -0.111. The fourth-order valence-electron chi connectivity index (χ4n) is 3.58. The van der Waals surface area contributed by atoms with Gasteiger partial charge < -0.3 is 14.8 Å². The molecule has 0 fully saturated rings. The number of amides is 1. The quantitative estimate of drug-likeness (QED) is 0.224. The van der Waals surface area contributed by atoms with Gasteiger partial charge in [0, 0.05) is 22.9 Å². The van der Waals surface area contributed by atoms with Gasteiger partial charge in [-0.05, 0) is 69.9 Å². The fraction of sp³-hybridized carbons (Fsp3) is 0.143. The summed E-state index contributed by atoms with van der Waals surface area (Å²) in [5.74, 6) is 1.67. The van der Waals surface area contributed by atoms with Gasteiger partial charge in [0.25, 0.3) is 0 Å². The van der Waals surface area contributed by atoms with Gasteiger partial charge in [-0.3, -0.25) is 9.48 Å². The summed E-state index contributed by atoms with van der Waals surface area (Å²) < 4.78 is 13.9. The topological polar surface area (TPSA) is 65.4 Å². The van der Waals surface area contributed by atoms with Gasteiger partial charge in [-0.15, -0.1) is 0 Å². The van der Waals surface area contributed by atoms with E-state index in [1.165, 1.54) is 6.08 Å². The Balaban J connectivity index is 1.41. The molecule has 3 aromatic carbocycles. The van der Waals surface area contributed by atoms with E-state index in [-0.39, 0.29) is 5.91 Å². The molecule has 1 amide bonds. The lowest BCUT2D eigenvalue weighted by Crippen LogP contribution is -2.10. The first kappa shape index (κ1) is 25.5. The second-order valence-electron chi connectivity index (χ2n) is 8.06. The molecule has 36 heavy (non-hydrogen) atoms. The number of rotatable bonds is 9. The first-order valence-corrected chi connectivity index (χ1v) is 12.4. The van der Waals surface area contributed by atoms with Gasteiger partial charge in [0.05, 0.1) is 18.1 Å². The van der Waals surface area contributed by atoms with Crippen molar-refractivity contribution in [1.29, 1.82) is 0 Å². The number of hydrogen-bond donors (Lipinski definition) is 1. The van der Waals surface area contributed by atoms with Crippen LogP contribution < -0.4 is 14.8 Å². The van der Waals surface area contributed by atoms with E-state index < -0.39 is 0 Å². The van der Waals surface area contributed by atoms with Crippen LogP contribution in [0.4, 0.5) is 5.82 Å². The number of hydrogen-bond acceptors (Lipinski definition) is 4. The van der Waals surface area contributed by atoms with Gasteiger partial charge in [-0.25, -0.2) is 0 Å². The number of para-hydroxylation sites is 1. The molecule has 6 nitrogen and oxygen atoms in total. The Labute approximate surface area is 223 Å². The fourth-order valence-corrected chi connectivity index (χ4v) is 4.19. The highest BCUT2D eigenvalue weighted by Gasteiger charge is 2.11. The molecular formula is C28H25BrClN3O3. The van der Waals surface area contributed by atoms with Gasteiger partial charge in [0.2, 0.25) is 5.91 Å². The Hall–Kier alpha value is -3.55.